The quantitative estimate of drug-likeness (QED) is 0.670. The molecule has 1 atom stereocenters. The van der Waals surface area contributed by atoms with Gasteiger partial charge < -0.3 is 10.6 Å². The molecule has 0 aromatic rings. The van der Waals surface area contributed by atoms with E-state index in [9.17, 15) is 0 Å². The molecule has 0 spiro atoms. The summed E-state index contributed by atoms with van der Waals surface area (Å²) in [7, 11) is 0. The normalized spacial score (nSPS) is 18.8. The lowest BCUT2D eigenvalue weighted by molar-refractivity contribution is 0.245. The Labute approximate surface area is 95.2 Å². The van der Waals surface area contributed by atoms with Crippen LogP contribution in [-0.4, -0.2) is 30.6 Å². The van der Waals surface area contributed by atoms with Gasteiger partial charge in [0.05, 0.1) is 0 Å². The van der Waals surface area contributed by atoms with E-state index in [0.717, 1.165) is 24.4 Å². The van der Waals surface area contributed by atoms with E-state index in [1.54, 1.807) is 0 Å². The van der Waals surface area contributed by atoms with Crippen molar-refractivity contribution < 1.29 is 0 Å². The van der Waals surface area contributed by atoms with E-state index in [4.69, 9.17) is 5.73 Å². The van der Waals surface area contributed by atoms with Crippen molar-refractivity contribution in [2.75, 3.05) is 19.6 Å². The molecule has 0 saturated heterocycles. The van der Waals surface area contributed by atoms with Crippen LogP contribution in [0.3, 0.4) is 0 Å². The van der Waals surface area contributed by atoms with Crippen molar-refractivity contribution in [3.63, 3.8) is 0 Å². The summed E-state index contributed by atoms with van der Waals surface area (Å²) in [6.07, 6.45) is 5.42. The van der Waals surface area contributed by atoms with Crippen LogP contribution in [0.15, 0.2) is 0 Å². The first-order valence-electron chi connectivity index (χ1n) is 6.61. The minimum atomic E-state index is 0.734. The van der Waals surface area contributed by atoms with E-state index in [0.29, 0.717) is 0 Å². The number of nitrogens with zero attached hydrogens (tertiary/aromatic N) is 1. The Kier molecular flexibility index (Phi) is 5.62. The molecule has 1 aliphatic carbocycles. The summed E-state index contributed by atoms with van der Waals surface area (Å²) in [5, 5.41) is 0. The summed E-state index contributed by atoms with van der Waals surface area (Å²) in [6, 6.07) is 0.910. The molecule has 15 heavy (non-hydrogen) atoms. The highest BCUT2D eigenvalue weighted by molar-refractivity contribution is 4.84. The molecule has 1 saturated carbocycles. The van der Waals surface area contributed by atoms with Crippen LogP contribution in [0.4, 0.5) is 0 Å². The fourth-order valence-corrected chi connectivity index (χ4v) is 2.39. The van der Waals surface area contributed by atoms with E-state index in [2.05, 4.69) is 25.7 Å². The zero-order valence-corrected chi connectivity index (χ0v) is 10.7. The zero-order chi connectivity index (χ0) is 11.3. The molecule has 0 aliphatic heterocycles. The molecule has 2 nitrogen and oxygen atoms in total. The number of hydrogen-bond donors (Lipinski definition) is 1. The zero-order valence-electron chi connectivity index (χ0n) is 10.7. The second-order valence-corrected chi connectivity index (χ2v) is 5.38. The van der Waals surface area contributed by atoms with E-state index >= 15 is 0 Å². The van der Waals surface area contributed by atoms with Gasteiger partial charge in [0, 0.05) is 6.04 Å². The third kappa shape index (κ3) is 4.98. The van der Waals surface area contributed by atoms with Gasteiger partial charge in [-0.15, -0.1) is 0 Å². The summed E-state index contributed by atoms with van der Waals surface area (Å²) in [4.78, 5) is 2.63. The Bertz CT molecular complexity index is 164. The molecule has 0 bridgehead atoms. The first kappa shape index (κ1) is 13.0. The van der Waals surface area contributed by atoms with Gasteiger partial charge in [-0.3, -0.25) is 0 Å². The van der Waals surface area contributed by atoms with E-state index in [-0.39, 0.29) is 0 Å². The van der Waals surface area contributed by atoms with Gasteiger partial charge in [-0.2, -0.15) is 0 Å². The van der Waals surface area contributed by atoms with Gasteiger partial charge in [0.1, 0.15) is 0 Å². The molecule has 1 unspecified atom stereocenters. The molecule has 2 N–H and O–H groups in total. The number of rotatable bonds is 8. The fraction of sp³-hybridized carbons (Fsp3) is 1.00. The second kappa shape index (κ2) is 6.49. The lowest BCUT2D eigenvalue weighted by Crippen LogP contribution is -2.30. The van der Waals surface area contributed by atoms with Crippen molar-refractivity contribution >= 4 is 0 Å². The fourth-order valence-electron chi connectivity index (χ4n) is 2.39. The molecule has 1 aliphatic rings. The molecular formula is C13H28N2. The molecule has 2 heteroatoms. The van der Waals surface area contributed by atoms with Crippen molar-refractivity contribution in [2.45, 2.75) is 52.5 Å². The SMILES string of the molecule is CCN(CCC(CN)CC(C)C)C1CC1. The van der Waals surface area contributed by atoms with Gasteiger partial charge in [0.2, 0.25) is 0 Å². The maximum Gasteiger partial charge on any atom is 0.00963 e. The smallest absolute Gasteiger partial charge is 0.00963 e. The molecule has 1 rings (SSSR count). The molecule has 0 aromatic carbocycles. The third-order valence-electron chi connectivity index (χ3n) is 3.43. The first-order chi connectivity index (χ1) is 7.17. The molecular weight excluding hydrogens is 184 g/mol. The standard InChI is InChI=1S/C13H28N2/c1-4-15(13-5-6-13)8-7-12(10-14)9-11(2)3/h11-13H,4-10,14H2,1-3H3. The topological polar surface area (TPSA) is 29.3 Å². The molecule has 0 heterocycles. The third-order valence-corrected chi connectivity index (χ3v) is 3.43. The van der Waals surface area contributed by atoms with Crippen molar-refractivity contribution in [2.24, 2.45) is 17.6 Å². The summed E-state index contributed by atoms with van der Waals surface area (Å²) in [5.74, 6) is 1.52. The van der Waals surface area contributed by atoms with Crippen molar-refractivity contribution in [1.29, 1.82) is 0 Å². The van der Waals surface area contributed by atoms with Crippen LogP contribution < -0.4 is 5.73 Å². The lowest BCUT2D eigenvalue weighted by atomic mass is 9.94. The molecule has 0 aromatic heterocycles. The highest BCUT2D eigenvalue weighted by Gasteiger charge is 2.27. The van der Waals surface area contributed by atoms with Crippen LogP contribution in [0.5, 0.6) is 0 Å². The van der Waals surface area contributed by atoms with Crippen molar-refractivity contribution in [1.82, 2.24) is 4.90 Å². The molecule has 1 fully saturated rings. The Morgan fingerprint density at radius 3 is 2.40 bits per heavy atom. The van der Waals surface area contributed by atoms with Crippen molar-refractivity contribution in [3.05, 3.63) is 0 Å². The van der Waals surface area contributed by atoms with E-state index in [1.165, 1.54) is 38.8 Å². The maximum atomic E-state index is 5.82. The van der Waals surface area contributed by atoms with Crippen LogP contribution in [0.25, 0.3) is 0 Å². The summed E-state index contributed by atoms with van der Waals surface area (Å²) in [5.41, 5.74) is 5.82. The summed E-state index contributed by atoms with van der Waals surface area (Å²) in [6.45, 7) is 10.2. The molecule has 0 radical (unpaired) electrons. The Morgan fingerprint density at radius 2 is 2.00 bits per heavy atom. The monoisotopic (exact) mass is 212 g/mol. The Morgan fingerprint density at radius 1 is 1.33 bits per heavy atom. The maximum absolute atomic E-state index is 5.82. The minimum absolute atomic E-state index is 0.734. The Balaban J connectivity index is 2.19. The van der Waals surface area contributed by atoms with E-state index in [1.807, 2.05) is 0 Å². The van der Waals surface area contributed by atoms with Gasteiger partial charge in [-0.05, 0) is 57.2 Å². The predicted octanol–water partition coefficient (Wildman–Crippen LogP) is 2.48. The highest BCUT2D eigenvalue weighted by Crippen LogP contribution is 2.27. The van der Waals surface area contributed by atoms with Gasteiger partial charge >= 0.3 is 0 Å². The number of hydrogen-bond acceptors (Lipinski definition) is 2. The minimum Gasteiger partial charge on any atom is -0.330 e. The van der Waals surface area contributed by atoms with Crippen molar-refractivity contribution in [3.8, 4) is 0 Å². The van der Waals surface area contributed by atoms with Crippen LogP contribution in [0.1, 0.15) is 46.5 Å². The van der Waals surface area contributed by atoms with E-state index < -0.39 is 0 Å². The van der Waals surface area contributed by atoms with Gasteiger partial charge in [-0.25, -0.2) is 0 Å². The average molecular weight is 212 g/mol. The number of nitrogens with two attached hydrogens (primary N) is 1. The van der Waals surface area contributed by atoms with Crippen LogP contribution >= 0.6 is 0 Å². The van der Waals surface area contributed by atoms with Gasteiger partial charge in [0.15, 0.2) is 0 Å². The Hall–Kier alpha value is -0.0800. The lowest BCUT2D eigenvalue weighted by Gasteiger charge is -2.23. The van der Waals surface area contributed by atoms with Gasteiger partial charge in [0.25, 0.3) is 0 Å². The molecule has 0 amide bonds. The largest absolute Gasteiger partial charge is 0.330 e. The average Bonchev–Trinajstić information content (AvgIpc) is 3.00. The van der Waals surface area contributed by atoms with Gasteiger partial charge in [-0.1, -0.05) is 20.8 Å². The second-order valence-electron chi connectivity index (χ2n) is 5.38. The van der Waals surface area contributed by atoms with Crippen LogP contribution in [0.2, 0.25) is 0 Å². The summed E-state index contributed by atoms with van der Waals surface area (Å²) < 4.78 is 0. The highest BCUT2D eigenvalue weighted by atomic mass is 15.2. The first-order valence-corrected chi connectivity index (χ1v) is 6.61. The molecule has 90 valence electrons. The van der Waals surface area contributed by atoms with Crippen LogP contribution in [0, 0.1) is 11.8 Å². The van der Waals surface area contributed by atoms with Crippen LogP contribution in [-0.2, 0) is 0 Å². The predicted molar refractivity (Wildman–Crippen MR) is 66.9 cm³/mol. The summed E-state index contributed by atoms with van der Waals surface area (Å²) >= 11 is 0.